The summed E-state index contributed by atoms with van der Waals surface area (Å²) in [4.78, 5) is 10.7. The summed E-state index contributed by atoms with van der Waals surface area (Å²) in [5.74, 6) is -2.60. The van der Waals surface area contributed by atoms with Crippen LogP contribution in [0.15, 0.2) is 30.3 Å². The molecule has 0 fully saturated rings. The Morgan fingerprint density at radius 3 is 2.21 bits per heavy atom. The summed E-state index contributed by atoms with van der Waals surface area (Å²) in [6, 6.07) is 7.40. The van der Waals surface area contributed by atoms with Crippen LogP contribution in [0, 0.1) is 19.7 Å². The molecule has 0 aliphatic heterocycles. The van der Waals surface area contributed by atoms with Crippen molar-refractivity contribution in [2.45, 2.75) is 32.9 Å². The lowest BCUT2D eigenvalue weighted by Gasteiger charge is -2.16. The standard InChI is InChI=1S/C18H16F4O2/c1-10-4-3-5-11(2)16(10)13-8-12(6-7-15(23)24)17(19)14(9-13)18(20,21)22/h3-5,8-9H,6-7H2,1-2H3,(H,23,24). The van der Waals surface area contributed by atoms with E-state index in [1.807, 2.05) is 0 Å². The molecule has 0 aromatic heterocycles. The van der Waals surface area contributed by atoms with Crippen molar-refractivity contribution in [3.63, 3.8) is 0 Å². The maximum Gasteiger partial charge on any atom is 0.419 e. The molecule has 0 aliphatic carbocycles. The van der Waals surface area contributed by atoms with Crippen LogP contribution in [0.1, 0.15) is 28.7 Å². The lowest BCUT2D eigenvalue weighted by molar-refractivity contribution is -0.140. The average Bonchev–Trinajstić information content (AvgIpc) is 2.45. The molecule has 0 radical (unpaired) electrons. The van der Waals surface area contributed by atoms with Gasteiger partial charge in [-0.2, -0.15) is 13.2 Å². The van der Waals surface area contributed by atoms with Crippen molar-refractivity contribution in [2.75, 3.05) is 0 Å². The van der Waals surface area contributed by atoms with Crippen molar-refractivity contribution in [2.24, 2.45) is 0 Å². The second kappa shape index (κ2) is 6.63. The number of carboxylic acid groups (broad SMARTS) is 1. The van der Waals surface area contributed by atoms with E-state index in [0.717, 1.165) is 17.2 Å². The largest absolute Gasteiger partial charge is 0.481 e. The first-order chi connectivity index (χ1) is 11.1. The monoisotopic (exact) mass is 340 g/mol. The number of aliphatic carboxylic acids is 1. The van der Waals surface area contributed by atoms with Crippen LogP contribution < -0.4 is 0 Å². The van der Waals surface area contributed by atoms with Crippen LogP contribution >= 0.6 is 0 Å². The predicted molar refractivity (Wildman–Crippen MR) is 82.3 cm³/mol. The normalized spacial score (nSPS) is 11.6. The number of carboxylic acids is 1. The fraction of sp³-hybridized carbons (Fsp3) is 0.278. The van der Waals surface area contributed by atoms with Crippen molar-refractivity contribution in [3.8, 4) is 11.1 Å². The Balaban J connectivity index is 2.68. The van der Waals surface area contributed by atoms with E-state index < -0.39 is 29.9 Å². The number of carbonyl (C=O) groups is 1. The number of alkyl halides is 3. The Morgan fingerprint density at radius 2 is 1.71 bits per heavy atom. The van der Waals surface area contributed by atoms with Crippen molar-refractivity contribution < 1.29 is 27.5 Å². The van der Waals surface area contributed by atoms with Crippen LogP contribution in [-0.4, -0.2) is 11.1 Å². The first-order valence-electron chi connectivity index (χ1n) is 7.29. The zero-order valence-corrected chi connectivity index (χ0v) is 13.2. The van der Waals surface area contributed by atoms with E-state index in [-0.39, 0.29) is 17.5 Å². The van der Waals surface area contributed by atoms with Gasteiger partial charge in [0.1, 0.15) is 5.82 Å². The third kappa shape index (κ3) is 3.75. The molecule has 0 saturated carbocycles. The highest BCUT2D eigenvalue weighted by Gasteiger charge is 2.35. The van der Waals surface area contributed by atoms with Crippen LogP contribution in [0.5, 0.6) is 0 Å². The van der Waals surface area contributed by atoms with E-state index in [1.165, 1.54) is 6.07 Å². The van der Waals surface area contributed by atoms with Crippen molar-refractivity contribution in [1.82, 2.24) is 0 Å². The zero-order chi connectivity index (χ0) is 18.1. The molecule has 0 saturated heterocycles. The molecule has 1 N–H and O–H groups in total. The maximum atomic E-state index is 14.2. The zero-order valence-electron chi connectivity index (χ0n) is 13.2. The molecule has 0 atom stereocenters. The molecule has 128 valence electrons. The summed E-state index contributed by atoms with van der Waals surface area (Å²) in [7, 11) is 0. The third-order valence-corrected chi connectivity index (χ3v) is 3.83. The van der Waals surface area contributed by atoms with E-state index in [4.69, 9.17) is 5.11 Å². The molecule has 0 aliphatic rings. The number of benzene rings is 2. The van der Waals surface area contributed by atoms with Gasteiger partial charge in [0.2, 0.25) is 0 Å². The SMILES string of the molecule is Cc1cccc(C)c1-c1cc(CCC(=O)O)c(F)c(C(F)(F)F)c1. The summed E-state index contributed by atoms with van der Waals surface area (Å²) in [6.07, 6.45) is -5.60. The Kier molecular flexibility index (Phi) is 4.96. The Hall–Kier alpha value is -2.37. The first-order valence-corrected chi connectivity index (χ1v) is 7.29. The van der Waals surface area contributed by atoms with Crippen LogP contribution in [0.4, 0.5) is 17.6 Å². The number of halogens is 4. The highest BCUT2D eigenvalue weighted by atomic mass is 19.4. The number of rotatable bonds is 4. The Bertz CT molecular complexity index is 759. The maximum absolute atomic E-state index is 14.2. The van der Waals surface area contributed by atoms with E-state index in [2.05, 4.69) is 0 Å². The lowest BCUT2D eigenvalue weighted by Crippen LogP contribution is -2.11. The van der Waals surface area contributed by atoms with Gasteiger partial charge in [0.25, 0.3) is 0 Å². The first kappa shape index (κ1) is 18.0. The number of aryl methyl sites for hydroxylation is 3. The van der Waals surface area contributed by atoms with Crippen LogP contribution in [0.3, 0.4) is 0 Å². The minimum atomic E-state index is -4.85. The summed E-state index contributed by atoms with van der Waals surface area (Å²) in [5.41, 5.74) is 0.741. The quantitative estimate of drug-likeness (QED) is 0.782. The fourth-order valence-corrected chi connectivity index (χ4v) is 2.73. The molecule has 0 unspecified atom stereocenters. The Morgan fingerprint density at radius 1 is 1.12 bits per heavy atom. The van der Waals surface area contributed by atoms with Gasteiger partial charge in [-0.1, -0.05) is 18.2 Å². The van der Waals surface area contributed by atoms with Crippen molar-refractivity contribution >= 4 is 5.97 Å². The van der Waals surface area contributed by atoms with Crippen LogP contribution in [-0.2, 0) is 17.4 Å². The molecule has 24 heavy (non-hydrogen) atoms. The molecule has 2 aromatic rings. The second-order valence-electron chi connectivity index (χ2n) is 5.66. The highest BCUT2D eigenvalue weighted by molar-refractivity contribution is 5.73. The van der Waals surface area contributed by atoms with Gasteiger partial charge >= 0.3 is 12.1 Å². The topological polar surface area (TPSA) is 37.3 Å². The van der Waals surface area contributed by atoms with Gasteiger partial charge in [0, 0.05) is 6.42 Å². The van der Waals surface area contributed by atoms with Crippen LogP contribution in [0.2, 0.25) is 0 Å². The lowest BCUT2D eigenvalue weighted by atomic mass is 9.91. The number of hydrogen-bond donors (Lipinski definition) is 1. The molecule has 0 bridgehead atoms. The van der Waals surface area contributed by atoms with Crippen molar-refractivity contribution in [1.29, 1.82) is 0 Å². The second-order valence-corrected chi connectivity index (χ2v) is 5.66. The summed E-state index contributed by atoms with van der Waals surface area (Å²) >= 11 is 0. The number of hydrogen-bond acceptors (Lipinski definition) is 1. The molecule has 2 rings (SSSR count). The van der Waals surface area contributed by atoms with Gasteiger partial charge < -0.3 is 5.11 Å². The molecule has 0 spiro atoms. The van der Waals surface area contributed by atoms with Gasteiger partial charge in [-0.3, -0.25) is 4.79 Å². The average molecular weight is 340 g/mol. The molecule has 0 amide bonds. The molecule has 2 aromatic carbocycles. The fourth-order valence-electron chi connectivity index (χ4n) is 2.73. The Labute approximate surface area is 136 Å². The predicted octanol–water partition coefficient (Wildman–Crippen LogP) is 5.15. The summed E-state index contributed by atoms with van der Waals surface area (Å²) in [5, 5.41) is 8.72. The third-order valence-electron chi connectivity index (χ3n) is 3.83. The van der Waals surface area contributed by atoms with Gasteiger partial charge in [-0.25, -0.2) is 4.39 Å². The highest BCUT2D eigenvalue weighted by Crippen LogP contribution is 2.37. The molecular formula is C18H16F4O2. The molecule has 2 nitrogen and oxygen atoms in total. The molecule has 0 heterocycles. The molecular weight excluding hydrogens is 324 g/mol. The van der Waals surface area contributed by atoms with E-state index >= 15 is 0 Å². The van der Waals surface area contributed by atoms with E-state index in [0.29, 0.717) is 5.56 Å². The van der Waals surface area contributed by atoms with Crippen LogP contribution in [0.25, 0.3) is 11.1 Å². The minimum absolute atomic E-state index is 0.236. The van der Waals surface area contributed by atoms with Gasteiger partial charge in [-0.05, 0) is 60.2 Å². The summed E-state index contributed by atoms with van der Waals surface area (Å²) in [6.45, 7) is 3.52. The van der Waals surface area contributed by atoms with Crippen molar-refractivity contribution in [3.05, 3.63) is 58.4 Å². The molecule has 6 heteroatoms. The van der Waals surface area contributed by atoms with E-state index in [9.17, 15) is 22.4 Å². The smallest absolute Gasteiger partial charge is 0.419 e. The van der Waals surface area contributed by atoms with Gasteiger partial charge in [-0.15, -0.1) is 0 Å². The van der Waals surface area contributed by atoms with Gasteiger partial charge in [0.15, 0.2) is 0 Å². The van der Waals surface area contributed by atoms with E-state index in [1.54, 1.807) is 32.0 Å². The minimum Gasteiger partial charge on any atom is -0.481 e. The van der Waals surface area contributed by atoms with Gasteiger partial charge in [0.05, 0.1) is 5.56 Å². The summed E-state index contributed by atoms with van der Waals surface area (Å²) < 4.78 is 53.7.